The summed E-state index contributed by atoms with van der Waals surface area (Å²) in [5.41, 5.74) is 0.417. The Labute approximate surface area is 112 Å². The maximum Gasteiger partial charge on any atom is 0.339 e. The molecular formula is C16H17FO2. The molecule has 2 aromatic carbocycles. The predicted molar refractivity (Wildman–Crippen MR) is 73.7 cm³/mol. The Bertz CT molecular complexity index is 592. The molecule has 2 aromatic rings. The van der Waals surface area contributed by atoms with Crippen LogP contribution >= 0.6 is 0 Å². The zero-order valence-corrected chi connectivity index (χ0v) is 11.2. The van der Waals surface area contributed by atoms with Crippen molar-refractivity contribution in [1.29, 1.82) is 0 Å². The van der Waals surface area contributed by atoms with E-state index < -0.39 is 5.97 Å². The third-order valence-corrected chi connectivity index (χ3v) is 3.09. The molecule has 100 valence electrons. The van der Waals surface area contributed by atoms with Crippen molar-refractivity contribution in [1.82, 2.24) is 0 Å². The summed E-state index contributed by atoms with van der Waals surface area (Å²) in [7, 11) is 0. The molecule has 3 heteroatoms. The van der Waals surface area contributed by atoms with E-state index in [1.807, 2.05) is 13.8 Å². The standard InChI is InChI=1S/C16H17FO2/c1-3-6-11(2)19-16(18)14-9-10-15(17)13-8-5-4-7-12(13)14/h4-5,7-11H,3,6H2,1-2H3. The van der Waals surface area contributed by atoms with Crippen molar-refractivity contribution in [3.63, 3.8) is 0 Å². The highest BCUT2D eigenvalue weighted by atomic mass is 19.1. The van der Waals surface area contributed by atoms with Crippen molar-refractivity contribution < 1.29 is 13.9 Å². The lowest BCUT2D eigenvalue weighted by atomic mass is 10.0. The third kappa shape index (κ3) is 2.92. The molecule has 1 atom stereocenters. The predicted octanol–water partition coefficient (Wildman–Crippen LogP) is 4.32. The van der Waals surface area contributed by atoms with Crippen LogP contribution < -0.4 is 0 Å². The minimum Gasteiger partial charge on any atom is -0.459 e. The van der Waals surface area contributed by atoms with E-state index >= 15 is 0 Å². The molecule has 0 saturated carbocycles. The lowest BCUT2D eigenvalue weighted by Crippen LogP contribution is -2.15. The van der Waals surface area contributed by atoms with Crippen LogP contribution in [0.15, 0.2) is 36.4 Å². The van der Waals surface area contributed by atoms with Gasteiger partial charge in [0.2, 0.25) is 0 Å². The fourth-order valence-electron chi connectivity index (χ4n) is 2.15. The normalized spacial score (nSPS) is 12.4. The molecule has 0 aromatic heterocycles. The summed E-state index contributed by atoms with van der Waals surface area (Å²) in [5, 5.41) is 1.04. The highest BCUT2D eigenvalue weighted by Gasteiger charge is 2.15. The molecule has 0 aliphatic carbocycles. The molecule has 0 N–H and O–H groups in total. The van der Waals surface area contributed by atoms with Crippen molar-refractivity contribution in [2.24, 2.45) is 0 Å². The summed E-state index contributed by atoms with van der Waals surface area (Å²) in [4.78, 5) is 12.1. The Morgan fingerprint density at radius 2 is 1.89 bits per heavy atom. The minimum absolute atomic E-state index is 0.124. The summed E-state index contributed by atoms with van der Waals surface area (Å²) in [6.07, 6.45) is 1.66. The quantitative estimate of drug-likeness (QED) is 0.765. The number of ether oxygens (including phenoxy) is 1. The lowest BCUT2D eigenvalue weighted by Gasteiger charge is -2.13. The molecule has 0 radical (unpaired) electrons. The zero-order valence-electron chi connectivity index (χ0n) is 11.2. The van der Waals surface area contributed by atoms with Crippen LogP contribution in [0.1, 0.15) is 37.0 Å². The van der Waals surface area contributed by atoms with Gasteiger partial charge in [0.1, 0.15) is 5.82 Å². The van der Waals surface area contributed by atoms with Gasteiger partial charge in [-0.2, -0.15) is 0 Å². The van der Waals surface area contributed by atoms with Gasteiger partial charge in [0.05, 0.1) is 11.7 Å². The number of esters is 1. The molecule has 0 saturated heterocycles. The Morgan fingerprint density at radius 1 is 1.21 bits per heavy atom. The number of hydrogen-bond donors (Lipinski definition) is 0. The molecule has 0 amide bonds. The average Bonchev–Trinajstić information content (AvgIpc) is 2.39. The van der Waals surface area contributed by atoms with E-state index in [2.05, 4.69) is 0 Å². The lowest BCUT2D eigenvalue weighted by molar-refractivity contribution is 0.0326. The van der Waals surface area contributed by atoms with Gasteiger partial charge in [-0.15, -0.1) is 0 Å². The summed E-state index contributed by atoms with van der Waals surface area (Å²) in [5.74, 6) is -0.717. The highest BCUT2D eigenvalue weighted by molar-refractivity contribution is 6.04. The number of benzene rings is 2. The van der Waals surface area contributed by atoms with Crippen LogP contribution in [-0.2, 0) is 4.74 Å². The number of fused-ring (bicyclic) bond motifs is 1. The fourth-order valence-corrected chi connectivity index (χ4v) is 2.15. The topological polar surface area (TPSA) is 26.3 Å². The SMILES string of the molecule is CCCC(C)OC(=O)c1ccc(F)c2ccccc12. The maximum absolute atomic E-state index is 13.7. The first-order chi connectivity index (χ1) is 9.13. The first kappa shape index (κ1) is 13.5. The fraction of sp³-hybridized carbons (Fsp3) is 0.312. The van der Waals surface area contributed by atoms with Gasteiger partial charge in [0.25, 0.3) is 0 Å². The Balaban J connectivity index is 2.35. The first-order valence-corrected chi connectivity index (χ1v) is 6.51. The van der Waals surface area contributed by atoms with Crippen molar-refractivity contribution >= 4 is 16.7 Å². The number of rotatable bonds is 4. The van der Waals surface area contributed by atoms with Crippen LogP contribution in [0.2, 0.25) is 0 Å². The molecule has 0 fully saturated rings. The summed E-state index contributed by atoms with van der Waals surface area (Å²) in [6, 6.07) is 9.73. The van der Waals surface area contributed by atoms with Gasteiger partial charge in [-0.25, -0.2) is 9.18 Å². The second-order valence-electron chi connectivity index (χ2n) is 4.65. The molecule has 0 spiro atoms. The van der Waals surface area contributed by atoms with Gasteiger partial charge >= 0.3 is 5.97 Å². The number of carbonyl (C=O) groups is 1. The third-order valence-electron chi connectivity index (χ3n) is 3.09. The van der Waals surface area contributed by atoms with Crippen LogP contribution in [0.4, 0.5) is 4.39 Å². The molecule has 2 nitrogen and oxygen atoms in total. The first-order valence-electron chi connectivity index (χ1n) is 6.51. The van der Waals surface area contributed by atoms with Crippen LogP contribution in [0.3, 0.4) is 0 Å². The smallest absolute Gasteiger partial charge is 0.339 e. The van der Waals surface area contributed by atoms with E-state index in [1.165, 1.54) is 12.1 Å². The van der Waals surface area contributed by atoms with Gasteiger partial charge in [-0.3, -0.25) is 0 Å². The molecule has 0 heterocycles. The molecule has 0 aliphatic heterocycles. The average molecular weight is 260 g/mol. The highest BCUT2D eigenvalue weighted by Crippen LogP contribution is 2.23. The van der Waals surface area contributed by atoms with Crippen LogP contribution in [0.25, 0.3) is 10.8 Å². The van der Waals surface area contributed by atoms with E-state index in [0.29, 0.717) is 16.3 Å². The van der Waals surface area contributed by atoms with Crippen LogP contribution in [0.5, 0.6) is 0 Å². The van der Waals surface area contributed by atoms with E-state index in [9.17, 15) is 9.18 Å². The van der Waals surface area contributed by atoms with Gasteiger partial charge in [0, 0.05) is 5.39 Å². The van der Waals surface area contributed by atoms with Crippen molar-refractivity contribution in [3.8, 4) is 0 Å². The molecule has 0 aliphatic rings. The van der Waals surface area contributed by atoms with Gasteiger partial charge in [-0.05, 0) is 30.9 Å². The van der Waals surface area contributed by atoms with E-state index in [0.717, 1.165) is 12.8 Å². The molecule has 1 unspecified atom stereocenters. The van der Waals surface area contributed by atoms with Gasteiger partial charge in [-0.1, -0.05) is 37.6 Å². The zero-order chi connectivity index (χ0) is 13.8. The van der Waals surface area contributed by atoms with Gasteiger partial charge in [0.15, 0.2) is 0 Å². The van der Waals surface area contributed by atoms with Crippen LogP contribution in [0, 0.1) is 5.82 Å². The summed E-state index contributed by atoms with van der Waals surface area (Å²) >= 11 is 0. The largest absolute Gasteiger partial charge is 0.459 e. The monoisotopic (exact) mass is 260 g/mol. The van der Waals surface area contributed by atoms with E-state index in [-0.39, 0.29) is 11.9 Å². The van der Waals surface area contributed by atoms with Gasteiger partial charge < -0.3 is 4.74 Å². The number of carbonyl (C=O) groups excluding carboxylic acids is 1. The maximum atomic E-state index is 13.7. The molecular weight excluding hydrogens is 243 g/mol. The number of hydrogen-bond acceptors (Lipinski definition) is 2. The van der Waals surface area contributed by atoms with E-state index in [4.69, 9.17) is 4.74 Å². The summed E-state index contributed by atoms with van der Waals surface area (Å²) in [6.45, 7) is 3.91. The van der Waals surface area contributed by atoms with Crippen LogP contribution in [-0.4, -0.2) is 12.1 Å². The summed E-state index contributed by atoms with van der Waals surface area (Å²) < 4.78 is 19.0. The van der Waals surface area contributed by atoms with Crippen molar-refractivity contribution in [2.75, 3.05) is 0 Å². The minimum atomic E-state index is -0.392. The molecule has 19 heavy (non-hydrogen) atoms. The van der Waals surface area contributed by atoms with Crippen molar-refractivity contribution in [3.05, 3.63) is 47.8 Å². The van der Waals surface area contributed by atoms with Crippen molar-refractivity contribution in [2.45, 2.75) is 32.8 Å². The number of halogens is 1. The second-order valence-corrected chi connectivity index (χ2v) is 4.65. The molecule has 0 bridgehead atoms. The Morgan fingerprint density at radius 3 is 2.58 bits per heavy atom. The Kier molecular flexibility index (Phi) is 4.15. The Hall–Kier alpha value is -1.90. The molecule has 2 rings (SSSR count). The van der Waals surface area contributed by atoms with E-state index in [1.54, 1.807) is 24.3 Å². The second kappa shape index (κ2) is 5.83.